The third-order valence-electron chi connectivity index (χ3n) is 3.46. The van der Waals surface area contributed by atoms with Crippen molar-refractivity contribution in [3.05, 3.63) is 29.8 Å². The van der Waals surface area contributed by atoms with E-state index in [1.165, 1.54) is 11.3 Å². The molecule has 0 amide bonds. The summed E-state index contributed by atoms with van der Waals surface area (Å²) in [6.45, 7) is 11.2. The van der Waals surface area contributed by atoms with E-state index in [4.69, 9.17) is 4.74 Å². The van der Waals surface area contributed by atoms with Crippen molar-refractivity contribution in [2.24, 2.45) is 0 Å². The normalized spacial score (nSPS) is 12.7. The number of anilines is 1. The van der Waals surface area contributed by atoms with Gasteiger partial charge in [-0.15, -0.1) is 0 Å². The van der Waals surface area contributed by atoms with E-state index in [1.807, 2.05) is 0 Å². The highest BCUT2D eigenvalue weighted by atomic mass is 16.5. The molecule has 0 saturated carbocycles. The zero-order chi connectivity index (χ0) is 15.0. The Morgan fingerprint density at radius 1 is 1.20 bits per heavy atom. The van der Waals surface area contributed by atoms with Gasteiger partial charge < -0.3 is 15.0 Å². The number of para-hydroxylation sites is 1. The minimum absolute atomic E-state index is 0.295. The summed E-state index contributed by atoms with van der Waals surface area (Å²) in [4.78, 5) is 2.29. The van der Waals surface area contributed by atoms with Crippen molar-refractivity contribution in [1.29, 1.82) is 0 Å². The van der Waals surface area contributed by atoms with E-state index in [2.05, 4.69) is 69.2 Å². The van der Waals surface area contributed by atoms with Gasteiger partial charge in [0.15, 0.2) is 0 Å². The number of rotatable bonds is 9. The SMILES string of the molecule is CCNC(CC)c1ccccc1N(C)CCOC(C)C. The molecule has 20 heavy (non-hydrogen) atoms. The molecule has 1 N–H and O–H groups in total. The van der Waals surface area contributed by atoms with Gasteiger partial charge in [0.05, 0.1) is 12.7 Å². The van der Waals surface area contributed by atoms with Gasteiger partial charge in [-0.2, -0.15) is 0 Å². The number of hydrogen-bond acceptors (Lipinski definition) is 3. The fraction of sp³-hybridized carbons (Fsp3) is 0.647. The van der Waals surface area contributed by atoms with Gasteiger partial charge in [0.2, 0.25) is 0 Å². The van der Waals surface area contributed by atoms with Crippen molar-refractivity contribution >= 4 is 5.69 Å². The van der Waals surface area contributed by atoms with E-state index >= 15 is 0 Å². The fourth-order valence-electron chi connectivity index (χ4n) is 2.40. The van der Waals surface area contributed by atoms with Crippen LogP contribution in [0.15, 0.2) is 24.3 Å². The molecular weight excluding hydrogens is 248 g/mol. The Labute approximate surface area is 124 Å². The van der Waals surface area contributed by atoms with Crippen LogP contribution in [0.3, 0.4) is 0 Å². The third-order valence-corrected chi connectivity index (χ3v) is 3.46. The molecule has 0 aliphatic heterocycles. The van der Waals surface area contributed by atoms with Gasteiger partial charge in [0.1, 0.15) is 0 Å². The van der Waals surface area contributed by atoms with Crippen LogP contribution in [0, 0.1) is 0 Å². The molecule has 0 spiro atoms. The maximum Gasteiger partial charge on any atom is 0.0644 e. The second kappa shape index (κ2) is 8.98. The molecule has 0 radical (unpaired) electrons. The van der Waals surface area contributed by atoms with Crippen molar-refractivity contribution in [2.45, 2.75) is 46.3 Å². The molecule has 0 saturated heterocycles. The molecule has 1 unspecified atom stereocenters. The van der Waals surface area contributed by atoms with Gasteiger partial charge in [-0.1, -0.05) is 32.0 Å². The lowest BCUT2D eigenvalue weighted by Crippen LogP contribution is -2.27. The van der Waals surface area contributed by atoms with E-state index < -0.39 is 0 Å². The summed E-state index contributed by atoms with van der Waals surface area (Å²) in [5.41, 5.74) is 2.68. The van der Waals surface area contributed by atoms with E-state index in [0.29, 0.717) is 12.1 Å². The minimum atomic E-state index is 0.295. The van der Waals surface area contributed by atoms with Crippen LogP contribution >= 0.6 is 0 Å². The Kier molecular flexibility index (Phi) is 7.63. The van der Waals surface area contributed by atoms with Crippen LogP contribution in [-0.4, -0.2) is 32.8 Å². The predicted molar refractivity (Wildman–Crippen MR) is 87.5 cm³/mol. The highest BCUT2D eigenvalue weighted by Crippen LogP contribution is 2.27. The topological polar surface area (TPSA) is 24.5 Å². The Balaban J connectivity index is 2.77. The molecule has 0 bridgehead atoms. The fourth-order valence-corrected chi connectivity index (χ4v) is 2.40. The quantitative estimate of drug-likeness (QED) is 0.747. The predicted octanol–water partition coefficient (Wildman–Crippen LogP) is 3.61. The third kappa shape index (κ3) is 5.14. The maximum atomic E-state index is 5.65. The first kappa shape index (κ1) is 17.0. The summed E-state index contributed by atoms with van der Waals surface area (Å²) >= 11 is 0. The summed E-state index contributed by atoms with van der Waals surface area (Å²) in [5.74, 6) is 0. The summed E-state index contributed by atoms with van der Waals surface area (Å²) in [6, 6.07) is 9.08. The highest BCUT2D eigenvalue weighted by molar-refractivity contribution is 5.54. The number of hydrogen-bond donors (Lipinski definition) is 1. The highest BCUT2D eigenvalue weighted by Gasteiger charge is 2.14. The molecule has 0 heterocycles. The maximum absolute atomic E-state index is 5.65. The summed E-state index contributed by atoms with van der Waals surface area (Å²) < 4.78 is 5.65. The lowest BCUT2D eigenvalue weighted by atomic mass is 10.0. The molecule has 1 atom stereocenters. The first-order valence-corrected chi connectivity index (χ1v) is 7.75. The second-order valence-corrected chi connectivity index (χ2v) is 5.42. The van der Waals surface area contributed by atoms with E-state index in [0.717, 1.165) is 26.1 Å². The van der Waals surface area contributed by atoms with Crippen LogP contribution in [0.2, 0.25) is 0 Å². The van der Waals surface area contributed by atoms with Gasteiger partial charge in [0, 0.05) is 25.3 Å². The van der Waals surface area contributed by atoms with Gasteiger partial charge in [-0.05, 0) is 38.4 Å². The molecule has 1 aromatic rings. The molecular formula is C17H30N2O. The monoisotopic (exact) mass is 278 g/mol. The molecule has 1 aromatic carbocycles. The molecule has 0 fully saturated rings. The van der Waals surface area contributed by atoms with Gasteiger partial charge >= 0.3 is 0 Å². The minimum Gasteiger partial charge on any atom is -0.377 e. The van der Waals surface area contributed by atoms with Gasteiger partial charge in [-0.25, -0.2) is 0 Å². The first-order chi connectivity index (χ1) is 9.60. The number of nitrogens with zero attached hydrogens (tertiary/aromatic N) is 1. The molecule has 3 nitrogen and oxygen atoms in total. The van der Waals surface area contributed by atoms with Crippen LogP contribution in [0.25, 0.3) is 0 Å². The van der Waals surface area contributed by atoms with Crippen molar-refractivity contribution in [3.8, 4) is 0 Å². The molecule has 0 aromatic heterocycles. The molecule has 3 heteroatoms. The van der Waals surface area contributed by atoms with E-state index in [1.54, 1.807) is 0 Å². The average Bonchev–Trinajstić information content (AvgIpc) is 2.44. The van der Waals surface area contributed by atoms with Crippen molar-refractivity contribution in [2.75, 3.05) is 31.6 Å². The van der Waals surface area contributed by atoms with Gasteiger partial charge in [0.25, 0.3) is 0 Å². The van der Waals surface area contributed by atoms with Crippen LogP contribution in [0.4, 0.5) is 5.69 Å². The molecule has 0 aliphatic carbocycles. The van der Waals surface area contributed by atoms with Crippen LogP contribution in [-0.2, 0) is 4.74 Å². The first-order valence-electron chi connectivity index (χ1n) is 7.75. The number of nitrogens with one attached hydrogen (secondary N) is 1. The summed E-state index contributed by atoms with van der Waals surface area (Å²) in [7, 11) is 2.14. The molecule has 0 aliphatic rings. The van der Waals surface area contributed by atoms with E-state index in [9.17, 15) is 0 Å². The van der Waals surface area contributed by atoms with Crippen molar-refractivity contribution in [1.82, 2.24) is 5.32 Å². The zero-order valence-corrected chi connectivity index (χ0v) is 13.6. The van der Waals surface area contributed by atoms with Crippen molar-refractivity contribution in [3.63, 3.8) is 0 Å². The van der Waals surface area contributed by atoms with Crippen LogP contribution in [0.1, 0.15) is 45.7 Å². The van der Waals surface area contributed by atoms with E-state index in [-0.39, 0.29) is 0 Å². The number of benzene rings is 1. The van der Waals surface area contributed by atoms with Crippen LogP contribution in [0.5, 0.6) is 0 Å². The van der Waals surface area contributed by atoms with Gasteiger partial charge in [-0.3, -0.25) is 0 Å². The Hall–Kier alpha value is -1.06. The van der Waals surface area contributed by atoms with Crippen LogP contribution < -0.4 is 10.2 Å². The standard InChI is InChI=1S/C17H30N2O/c1-6-16(18-7-2)15-10-8-9-11-17(15)19(5)12-13-20-14(3)4/h8-11,14,16,18H,6-7,12-13H2,1-5H3. The Morgan fingerprint density at radius 2 is 1.90 bits per heavy atom. The number of likely N-dealkylation sites (N-methyl/N-ethyl adjacent to an activating group) is 1. The Morgan fingerprint density at radius 3 is 2.50 bits per heavy atom. The largest absolute Gasteiger partial charge is 0.377 e. The lowest BCUT2D eigenvalue weighted by molar-refractivity contribution is 0.0846. The number of ether oxygens (including phenoxy) is 1. The summed E-state index contributed by atoms with van der Waals surface area (Å²) in [5, 5.41) is 3.56. The zero-order valence-electron chi connectivity index (χ0n) is 13.6. The average molecular weight is 278 g/mol. The lowest BCUT2D eigenvalue weighted by Gasteiger charge is -2.27. The van der Waals surface area contributed by atoms with Crippen molar-refractivity contribution < 1.29 is 4.74 Å². The smallest absolute Gasteiger partial charge is 0.0644 e. The molecule has 1 rings (SSSR count). The molecule has 114 valence electrons. The summed E-state index contributed by atoms with van der Waals surface area (Å²) in [6.07, 6.45) is 1.39. The Bertz CT molecular complexity index is 379. The second-order valence-electron chi connectivity index (χ2n) is 5.42.